The molecule has 3 heterocycles. The molecule has 0 radical (unpaired) electrons. The highest BCUT2D eigenvalue weighted by Crippen LogP contribution is 2.39. The molecule has 32 heavy (non-hydrogen) atoms. The van der Waals surface area contributed by atoms with Crippen LogP contribution in [0.3, 0.4) is 0 Å². The Kier molecular flexibility index (Phi) is 5.94. The first kappa shape index (κ1) is 23.6. The van der Waals surface area contributed by atoms with Crippen molar-refractivity contribution in [1.29, 1.82) is 0 Å². The van der Waals surface area contributed by atoms with E-state index in [0.717, 1.165) is 23.1 Å². The van der Waals surface area contributed by atoms with E-state index in [9.17, 15) is 4.79 Å². The van der Waals surface area contributed by atoms with Crippen molar-refractivity contribution < 1.29 is 23.6 Å². The number of hydrogen-bond acceptors (Lipinski definition) is 5. The van der Waals surface area contributed by atoms with Gasteiger partial charge >= 0.3 is 13.2 Å². The molecule has 1 aromatic carbocycles. The molecule has 1 unspecified atom stereocenters. The Hall–Kier alpha value is -1.54. The normalized spacial score (nSPS) is 22.6. The molecule has 2 aliphatic rings. The maximum absolute atomic E-state index is 13.2. The molecule has 0 aliphatic carbocycles. The summed E-state index contributed by atoms with van der Waals surface area (Å²) in [5.41, 5.74) is 1.15. The molecular weight excluding hydrogens is 429 g/mol. The zero-order chi connectivity index (χ0) is 23.5. The maximum atomic E-state index is 13.2. The fourth-order valence-corrected chi connectivity index (χ4v) is 4.64. The van der Waals surface area contributed by atoms with Crippen LogP contribution in [0.4, 0.5) is 4.79 Å². The SMILES string of the molecule is CC(C)(C)OC(=O)n1c(C2CCOC2)cc2cc(CB3OC(C)(C)C(C)(C)O3)cc(Cl)c21. The van der Waals surface area contributed by atoms with Gasteiger partial charge in [-0.15, -0.1) is 0 Å². The number of halogens is 1. The Labute approximate surface area is 195 Å². The average Bonchev–Trinajstić information content (AvgIpc) is 3.30. The fourth-order valence-electron chi connectivity index (χ4n) is 4.31. The second-order valence-electron chi connectivity index (χ2n) is 10.9. The molecule has 4 rings (SSSR count). The molecule has 0 amide bonds. The third-order valence-electron chi connectivity index (χ3n) is 6.57. The molecule has 2 aliphatic heterocycles. The average molecular weight is 462 g/mol. The van der Waals surface area contributed by atoms with E-state index in [1.807, 2.05) is 60.6 Å². The van der Waals surface area contributed by atoms with Crippen LogP contribution in [0.2, 0.25) is 5.02 Å². The number of carbonyl (C=O) groups excluding carboxylic acids is 1. The minimum absolute atomic E-state index is 0.123. The standard InChI is InChI=1S/C24H33BClNO5/c1-22(2,3)30-21(28)27-19(16-8-9-29-14-16)12-17-10-15(11-18(26)20(17)27)13-25-31-23(4,5)24(6,7)32-25/h10-12,16H,8-9,13-14H2,1-7H3. The maximum Gasteiger partial charge on any atom is 0.462 e. The lowest BCUT2D eigenvalue weighted by atomic mass is 9.80. The first-order chi connectivity index (χ1) is 14.8. The lowest BCUT2D eigenvalue weighted by molar-refractivity contribution is 0.00578. The lowest BCUT2D eigenvalue weighted by Crippen LogP contribution is -2.41. The minimum Gasteiger partial charge on any atom is -0.443 e. The first-order valence-corrected chi connectivity index (χ1v) is 11.7. The molecule has 0 bridgehead atoms. The van der Waals surface area contributed by atoms with Crippen molar-refractivity contribution in [2.24, 2.45) is 0 Å². The zero-order valence-corrected chi connectivity index (χ0v) is 20.8. The number of ether oxygens (including phenoxy) is 2. The van der Waals surface area contributed by atoms with E-state index in [0.29, 0.717) is 30.1 Å². The van der Waals surface area contributed by atoms with E-state index in [2.05, 4.69) is 6.07 Å². The molecule has 0 spiro atoms. The summed E-state index contributed by atoms with van der Waals surface area (Å²) in [5, 5.41) is 1.40. The molecule has 0 saturated carbocycles. The summed E-state index contributed by atoms with van der Waals surface area (Å²) in [6.45, 7) is 15.0. The van der Waals surface area contributed by atoms with Crippen LogP contribution >= 0.6 is 11.6 Å². The highest BCUT2D eigenvalue weighted by Gasteiger charge is 2.50. The first-order valence-electron chi connectivity index (χ1n) is 11.3. The summed E-state index contributed by atoms with van der Waals surface area (Å²) < 4.78 is 25.3. The molecule has 0 N–H and O–H groups in total. The highest BCUT2D eigenvalue weighted by molar-refractivity contribution is 6.45. The summed E-state index contributed by atoms with van der Waals surface area (Å²) in [5.74, 6) is 0.123. The summed E-state index contributed by atoms with van der Waals surface area (Å²) in [7, 11) is -0.357. The van der Waals surface area contributed by atoms with Gasteiger partial charge in [0.1, 0.15) is 5.60 Å². The van der Waals surface area contributed by atoms with Crippen LogP contribution in [0.15, 0.2) is 18.2 Å². The molecule has 1 atom stereocenters. The van der Waals surface area contributed by atoms with E-state index in [-0.39, 0.29) is 24.2 Å². The molecule has 1 aromatic heterocycles. The summed E-state index contributed by atoms with van der Waals surface area (Å²) in [4.78, 5) is 13.2. The van der Waals surface area contributed by atoms with Gasteiger partial charge in [-0.1, -0.05) is 11.6 Å². The van der Waals surface area contributed by atoms with E-state index >= 15 is 0 Å². The lowest BCUT2D eigenvalue weighted by Gasteiger charge is -2.32. The fraction of sp³-hybridized carbons (Fsp3) is 0.625. The van der Waals surface area contributed by atoms with Crippen LogP contribution in [0.1, 0.15) is 72.1 Å². The molecule has 174 valence electrons. The predicted octanol–water partition coefficient (Wildman–Crippen LogP) is 5.76. The van der Waals surface area contributed by atoms with Gasteiger partial charge in [0.25, 0.3) is 0 Å². The number of carbonyl (C=O) groups is 1. The molecular formula is C24H33BClNO5. The van der Waals surface area contributed by atoms with Gasteiger partial charge in [-0.3, -0.25) is 0 Å². The third kappa shape index (κ3) is 4.45. The van der Waals surface area contributed by atoms with Crippen LogP contribution in [-0.4, -0.2) is 47.8 Å². The van der Waals surface area contributed by atoms with Crippen LogP contribution in [0, 0.1) is 0 Å². The van der Waals surface area contributed by atoms with Crippen LogP contribution in [-0.2, 0) is 25.1 Å². The van der Waals surface area contributed by atoms with Crippen molar-refractivity contribution in [3.63, 3.8) is 0 Å². The van der Waals surface area contributed by atoms with E-state index in [4.69, 9.17) is 30.4 Å². The topological polar surface area (TPSA) is 58.9 Å². The van der Waals surface area contributed by atoms with Gasteiger partial charge in [0, 0.05) is 29.9 Å². The number of aromatic nitrogens is 1. The summed E-state index contributed by atoms with van der Waals surface area (Å²) in [6.07, 6.45) is 1.01. The van der Waals surface area contributed by atoms with Crippen LogP contribution in [0.25, 0.3) is 10.9 Å². The van der Waals surface area contributed by atoms with Gasteiger partial charge in [-0.25, -0.2) is 9.36 Å². The van der Waals surface area contributed by atoms with Crippen molar-refractivity contribution in [2.75, 3.05) is 13.2 Å². The number of fused-ring (bicyclic) bond motifs is 1. The van der Waals surface area contributed by atoms with Gasteiger partial charge in [0.05, 0.1) is 28.3 Å². The molecule has 2 aromatic rings. The Morgan fingerprint density at radius 1 is 1.19 bits per heavy atom. The molecule has 2 fully saturated rings. The predicted molar refractivity (Wildman–Crippen MR) is 127 cm³/mol. The smallest absolute Gasteiger partial charge is 0.443 e. The summed E-state index contributed by atoms with van der Waals surface area (Å²) in [6, 6.07) is 6.00. The van der Waals surface area contributed by atoms with E-state index in [1.165, 1.54) is 0 Å². The molecule has 8 heteroatoms. The Balaban J connectivity index is 1.72. The largest absolute Gasteiger partial charge is 0.462 e. The number of hydrogen-bond donors (Lipinski definition) is 0. The third-order valence-corrected chi connectivity index (χ3v) is 6.85. The van der Waals surface area contributed by atoms with Crippen molar-refractivity contribution in [3.8, 4) is 0 Å². The Morgan fingerprint density at radius 3 is 2.41 bits per heavy atom. The van der Waals surface area contributed by atoms with Gasteiger partial charge in [0.15, 0.2) is 0 Å². The van der Waals surface area contributed by atoms with Crippen molar-refractivity contribution in [2.45, 2.75) is 83.9 Å². The molecule has 2 saturated heterocycles. The van der Waals surface area contributed by atoms with E-state index in [1.54, 1.807) is 4.57 Å². The number of rotatable bonds is 3. The monoisotopic (exact) mass is 461 g/mol. The quantitative estimate of drug-likeness (QED) is 0.544. The zero-order valence-electron chi connectivity index (χ0n) is 20.1. The Morgan fingerprint density at radius 2 is 1.84 bits per heavy atom. The van der Waals surface area contributed by atoms with E-state index < -0.39 is 11.7 Å². The Bertz CT molecular complexity index is 1020. The highest BCUT2D eigenvalue weighted by atomic mass is 35.5. The van der Waals surface area contributed by atoms with Gasteiger partial charge in [-0.05, 0) is 78.6 Å². The van der Waals surface area contributed by atoms with Crippen molar-refractivity contribution in [3.05, 3.63) is 34.5 Å². The summed E-state index contributed by atoms with van der Waals surface area (Å²) >= 11 is 6.76. The number of nitrogens with zero attached hydrogens (tertiary/aromatic N) is 1. The minimum atomic E-state index is -0.611. The van der Waals surface area contributed by atoms with Gasteiger partial charge in [-0.2, -0.15) is 0 Å². The van der Waals surface area contributed by atoms with Gasteiger partial charge < -0.3 is 18.8 Å². The second kappa shape index (κ2) is 8.05. The number of benzene rings is 1. The molecule has 6 nitrogen and oxygen atoms in total. The van der Waals surface area contributed by atoms with Crippen molar-refractivity contribution >= 4 is 35.7 Å². The van der Waals surface area contributed by atoms with Crippen molar-refractivity contribution in [1.82, 2.24) is 4.57 Å². The van der Waals surface area contributed by atoms with Crippen LogP contribution in [0.5, 0.6) is 0 Å². The van der Waals surface area contributed by atoms with Crippen LogP contribution < -0.4 is 0 Å². The van der Waals surface area contributed by atoms with Gasteiger partial charge in [0.2, 0.25) is 0 Å². The second-order valence-corrected chi connectivity index (χ2v) is 11.3.